The summed E-state index contributed by atoms with van der Waals surface area (Å²) in [6.45, 7) is 3.01. The third kappa shape index (κ3) is 4.47. The Morgan fingerprint density at radius 2 is 1.92 bits per heavy atom. The van der Waals surface area contributed by atoms with Crippen LogP contribution in [0.4, 0.5) is 5.69 Å². The van der Waals surface area contributed by atoms with Crippen molar-refractivity contribution in [3.63, 3.8) is 0 Å². The number of rotatable bonds is 6. The summed E-state index contributed by atoms with van der Waals surface area (Å²) in [5.74, 6) is -0.0690. The van der Waals surface area contributed by atoms with Crippen molar-refractivity contribution in [2.24, 2.45) is 0 Å². The average molecular weight is 334 g/mol. The molecule has 0 aliphatic carbocycles. The number of aryl methyl sites for hydroxylation is 1. The molecule has 0 unspecified atom stereocenters. The average Bonchev–Trinajstić information content (AvgIpc) is 3.08. The quantitative estimate of drug-likeness (QED) is 0.728. The zero-order valence-electron chi connectivity index (χ0n) is 14.5. The molecule has 2 N–H and O–H groups in total. The number of aromatic nitrogens is 2. The summed E-state index contributed by atoms with van der Waals surface area (Å²) in [4.78, 5) is 11.4. The Labute approximate surface area is 147 Å². The van der Waals surface area contributed by atoms with E-state index in [0.29, 0.717) is 6.54 Å². The van der Waals surface area contributed by atoms with Crippen molar-refractivity contribution in [1.29, 1.82) is 0 Å². The van der Waals surface area contributed by atoms with Gasteiger partial charge in [-0.2, -0.15) is 5.10 Å². The molecular formula is C20H22N4O. The minimum absolute atomic E-state index is 0.0690. The summed E-state index contributed by atoms with van der Waals surface area (Å²) in [6.07, 6.45) is 3.56. The van der Waals surface area contributed by atoms with Crippen LogP contribution in [0, 0.1) is 6.92 Å². The van der Waals surface area contributed by atoms with Crippen molar-refractivity contribution in [1.82, 2.24) is 15.1 Å². The summed E-state index contributed by atoms with van der Waals surface area (Å²) in [5.41, 5.74) is 5.76. The lowest BCUT2D eigenvalue weighted by molar-refractivity contribution is -0.121. The van der Waals surface area contributed by atoms with Gasteiger partial charge in [-0.05, 0) is 29.7 Å². The van der Waals surface area contributed by atoms with Crippen molar-refractivity contribution >= 4 is 11.6 Å². The van der Waals surface area contributed by atoms with Gasteiger partial charge in [0.05, 0.1) is 11.9 Å². The molecule has 0 atom stereocenters. The molecule has 0 radical (unpaired) electrons. The van der Waals surface area contributed by atoms with E-state index in [1.54, 1.807) is 17.9 Å². The van der Waals surface area contributed by atoms with Crippen molar-refractivity contribution in [3.05, 3.63) is 72.1 Å². The maximum Gasteiger partial charge on any atom is 0.241 e. The molecule has 1 amide bonds. The van der Waals surface area contributed by atoms with Gasteiger partial charge in [-0.25, -0.2) is 0 Å². The number of carbonyl (C=O) groups excluding carboxylic acids is 1. The summed E-state index contributed by atoms with van der Waals surface area (Å²) in [7, 11) is 1.62. The molecule has 3 rings (SSSR count). The Hall–Kier alpha value is -3.08. The largest absolute Gasteiger partial charge is 0.378 e. The molecule has 1 aromatic heterocycles. The van der Waals surface area contributed by atoms with E-state index in [0.717, 1.165) is 5.69 Å². The number of amides is 1. The highest BCUT2D eigenvalue weighted by atomic mass is 16.1. The highest BCUT2D eigenvalue weighted by Gasteiger charge is 2.04. The Bertz CT molecular complexity index is 852. The first-order valence-electron chi connectivity index (χ1n) is 8.27. The lowest BCUT2D eigenvalue weighted by Crippen LogP contribution is -2.23. The number of carbonyl (C=O) groups is 1. The van der Waals surface area contributed by atoms with E-state index >= 15 is 0 Å². The molecule has 0 saturated carbocycles. The van der Waals surface area contributed by atoms with E-state index in [4.69, 9.17) is 0 Å². The normalized spacial score (nSPS) is 10.5. The highest BCUT2D eigenvalue weighted by molar-refractivity contribution is 5.75. The Kier molecular flexibility index (Phi) is 5.14. The maximum absolute atomic E-state index is 11.4. The van der Waals surface area contributed by atoms with Gasteiger partial charge in [-0.15, -0.1) is 0 Å². The smallest absolute Gasteiger partial charge is 0.241 e. The predicted octanol–water partition coefficient (Wildman–Crippen LogP) is 3.22. The van der Waals surface area contributed by atoms with Crippen LogP contribution in [0.15, 0.2) is 60.9 Å². The van der Waals surface area contributed by atoms with Crippen LogP contribution in [0.5, 0.6) is 0 Å². The van der Waals surface area contributed by atoms with Gasteiger partial charge in [0.15, 0.2) is 0 Å². The van der Waals surface area contributed by atoms with Crippen LogP contribution in [-0.4, -0.2) is 22.7 Å². The zero-order chi connectivity index (χ0) is 17.6. The van der Waals surface area contributed by atoms with Crippen molar-refractivity contribution < 1.29 is 4.79 Å². The van der Waals surface area contributed by atoms with Crippen molar-refractivity contribution in [3.8, 4) is 11.1 Å². The molecule has 25 heavy (non-hydrogen) atoms. The molecule has 0 fully saturated rings. The molecule has 3 aromatic rings. The molecule has 128 valence electrons. The predicted molar refractivity (Wildman–Crippen MR) is 100 cm³/mol. The molecule has 0 aliphatic rings. The second-order valence-corrected chi connectivity index (χ2v) is 6.02. The van der Waals surface area contributed by atoms with Crippen LogP contribution in [0.25, 0.3) is 11.1 Å². The minimum Gasteiger partial charge on any atom is -0.378 e. The van der Waals surface area contributed by atoms with Crippen LogP contribution < -0.4 is 10.6 Å². The van der Waals surface area contributed by atoms with Crippen LogP contribution >= 0.6 is 0 Å². The topological polar surface area (TPSA) is 59.0 Å². The Balaban J connectivity index is 1.65. The Morgan fingerprint density at radius 3 is 2.68 bits per heavy atom. The van der Waals surface area contributed by atoms with Gasteiger partial charge in [-0.1, -0.05) is 48.0 Å². The minimum atomic E-state index is -0.0690. The van der Waals surface area contributed by atoms with Gasteiger partial charge in [0, 0.05) is 19.8 Å². The molecule has 5 heteroatoms. The van der Waals surface area contributed by atoms with Crippen LogP contribution in [0.1, 0.15) is 11.1 Å². The summed E-state index contributed by atoms with van der Waals surface area (Å²) < 4.78 is 1.61. The Morgan fingerprint density at radius 1 is 1.12 bits per heavy atom. The number of nitrogens with zero attached hydrogens (tertiary/aromatic N) is 2. The van der Waals surface area contributed by atoms with Gasteiger partial charge in [0.1, 0.15) is 6.54 Å². The van der Waals surface area contributed by atoms with Crippen LogP contribution in [-0.2, 0) is 17.9 Å². The lowest BCUT2D eigenvalue weighted by atomic mass is 10.0. The summed E-state index contributed by atoms with van der Waals surface area (Å²) in [6, 6.07) is 17.0. The zero-order valence-corrected chi connectivity index (χ0v) is 14.5. The molecule has 0 spiro atoms. The molecule has 0 bridgehead atoms. The number of benzene rings is 2. The maximum atomic E-state index is 11.4. The number of likely N-dealkylation sites (N-methyl/N-ethyl adjacent to an activating group) is 1. The fourth-order valence-electron chi connectivity index (χ4n) is 2.58. The van der Waals surface area contributed by atoms with E-state index in [1.807, 2.05) is 6.20 Å². The molecule has 0 saturated heterocycles. The molecular weight excluding hydrogens is 312 g/mol. The summed E-state index contributed by atoms with van der Waals surface area (Å²) in [5, 5.41) is 10.1. The standard InChI is InChI=1S/C20H22N4O/c1-15-6-8-17(9-7-15)18-5-3-4-16(10-18)11-22-19-12-23-24(13-19)14-20(25)21-2/h3-10,12-13,22H,11,14H2,1-2H3,(H,21,25). The second-order valence-electron chi connectivity index (χ2n) is 6.02. The van der Waals surface area contributed by atoms with E-state index in [-0.39, 0.29) is 12.5 Å². The second kappa shape index (κ2) is 7.66. The number of anilines is 1. The summed E-state index contributed by atoms with van der Waals surface area (Å²) >= 11 is 0. The molecule has 2 aromatic carbocycles. The lowest BCUT2D eigenvalue weighted by Gasteiger charge is -2.07. The van der Waals surface area contributed by atoms with E-state index in [9.17, 15) is 4.79 Å². The fourth-order valence-corrected chi connectivity index (χ4v) is 2.58. The van der Waals surface area contributed by atoms with Gasteiger partial charge in [0.25, 0.3) is 0 Å². The fraction of sp³-hybridized carbons (Fsp3) is 0.200. The first-order valence-corrected chi connectivity index (χ1v) is 8.27. The molecule has 1 heterocycles. The number of hydrogen-bond acceptors (Lipinski definition) is 3. The van der Waals surface area contributed by atoms with Crippen molar-refractivity contribution in [2.75, 3.05) is 12.4 Å². The SMILES string of the molecule is CNC(=O)Cn1cc(NCc2cccc(-c3ccc(C)cc3)c2)cn1. The third-order valence-electron chi connectivity index (χ3n) is 4.03. The first-order chi connectivity index (χ1) is 12.1. The number of nitrogens with one attached hydrogen (secondary N) is 2. The van der Waals surface area contributed by atoms with E-state index < -0.39 is 0 Å². The van der Waals surface area contributed by atoms with Crippen LogP contribution in [0.3, 0.4) is 0 Å². The van der Waals surface area contributed by atoms with Gasteiger partial charge < -0.3 is 10.6 Å². The number of hydrogen-bond donors (Lipinski definition) is 2. The highest BCUT2D eigenvalue weighted by Crippen LogP contribution is 2.21. The van der Waals surface area contributed by atoms with Gasteiger partial charge in [-0.3, -0.25) is 9.48 Å². The molecule has 0 aliphatic heterocycles. The van der Waals surface area contributed by atoms with E-state index in [1.165, 1.54) is 22.3 Å². The van der Waals surface area contributed by atoms with Crippen LogP contribution in [0.2, 0.25) is 0 Å². The monoisotopic (exact) mass is 334 g/mol. The van der Waals surface area contributed by atoms with Crippen molar-refractivity contribution in [2.45, 2.75) is 20.0 Å². The van der Waals surface area contributed by atoms with E-state index in [2.05, 4.69) is 71.2 Å². The molecule has 5 nitrogen and oxygen atoms in total. The first kappa shape index (κ1) is 16.8. The van der Waals surface area contributed by atoms with Gasteiger partial charge >= 0.3 is 0 Å². The van der Waals surface area contributed by atoms with Gasteiger partial charge in [0.2, 0.25) is 5.91 Å². The third-order valence-corrected chi connectivity index (χ3v) is 4.03.